The highest BCUT2D eigenvalue weighted by atomic mass is 79.9. The fraction of sp³-hybridized carbons (Fsp3) is 0.318. The molecular weight excluding hydrogens is 448 g/mol. The lowest BCUT2D eigenvalue weighted by Gasteiger charge is -2.17. The van der Waals surface area contributed by atoms with Crippen molar-refractivity contribution in [1.82, 2.24) is 20.1 Å². The van der Waals surface area contributed by atoms with Crippen LogP contribution in [0.4, 0.5) is 0 Å². The second kappa shape index (κ2) is 10.1. The molecule has 1 aromatic heterocycles. The van der Waals surface area contributed by atoms with Gasteiger partial charge in [0.25, 0.3) is 0 Å². The first-order valence-electron chi connectivity index (χ1n) is 9.60. The summed E-state index contributed by atoms with van der Waals surface area (Å²) in [4.78, 5) is 12.3. The number of carbonyl (C=O) groups is 1. The molecule has 0 bridgehead atoms. The minimum atomic E-state index is 0.00732. The quantitative estimate of drug-likeness (QED) is 0.468. The molecule has 0 saturated carbocycles. The number of nitrogens with zero attached hydrogens (tertiary/aromatic N) is 3. The number of nitrogens with one attached hydrogen (secondary N) is 1. The molecule has 5 nitrogen and oxygen atoms in total. The topological polar surface area (TPSA) is 59.8 Å². The maximum Gasteiger partial charge on any atom is 0.230 e. The van der Waals surface area contributed by atoms with Gasteiger partial charge in [0.1, 0.15) is 0 Å². The molecule has 0 aliphatic rings. The molecule has 0 spiro atoms. The van der Waals surface area contributed by atoms with Gasteiger partial charge < -0.3 is 5.32 Å². The predicted molar refractivity (Wildman–Crippen MR) is 122 cm³/mol. The zero-order valence-electron chi connectivity index (χ0n) is 16.8. The van der Waals surface area contributed by atoms with Crippen molar-refractivity contribution in [2.75, 3.05) is 5.75 Å². The Morgan fingerprint density at radius 2 is 1.76 bits per heavy atom. The summed E-state index contributed by atoms with van der Waals surface area (Å²) in [6.45, 7) is 6.85. The minimum absolute atomic E-state index is 0.00732. The Bertz CT molecular complexity index is 958. The molecule has 0 aliphatic carbocycles. The van der Waals surface area contributed by atoms with E-state index in [1.54, 1.807) is 0 Å². The Labute approximate surface area is 184 Å². The SMILES string of the molecule is CC(C)[C@H](C)NC(=O)CSc1nnc(-c2ccccc2Br)n1Cc1ccccc1. The first-order valence-corrected chi connectivity index (χ1v) is 11.4. The molecule has 1 heterocycles. The molecule has 1 atom stereocenters. The van der Waals surface area contributed by atoms with Crippen LogP contribution in [0.3, 0.4) is 0 Å². The maximum absolute atomic E-state index is 12.3. The summed E-state index contributed by atoms with van der Waals surface area (Å²) >= 11 is 5.02. The van der Waals surface area contributed by atoms with Gasteiger partial charge in [0, 0.05) is 16.1 Å². The number of carbonyl (C=O) groups excluding carboxylic acids is 1. The van der Waals surface area contributed by atoms with Gasteiger partial charge in [-0.2, -0.15) is 0 Å². The van der Waals surface area contributed by atoms with E-state index >= 15 is 0 Å². The van der Waals surface area contributed by atoms with E-state index < -0.39 is 0 Å². The number of amides is 1. The largest absolute Gasteiger partial charge is 0.353 e. The van der Waals surface area contributed by atoms with E-state index in [4.69, 9.17) is 0 Å². The molecule has 3 aromatic rings. The van der Waals surface area contributed by atoms with Crippen LogP contribution in [0.1, 0.15) is 26.3 Å². The van der Waals surface area contributed by atoms with Crippen LogP contribution < -0.4 is 5.32 Å². The zero-order valence-corrected chi connectivity index (χ0v) is 19.2. The van der Waals surface area contributed by atoms with Crippen molar-refractivity contribution in [3.8, 4) is 11.4 Å². The van der Waals surface area contributed by atoms with Crippen LogP contribution in [0.25, 0.3) is 11.4 Å². The van der Waals surface area contributed by atoms with Gasteiger partial charge in [-0.1, -0.05) is 90.1 Å². The Balaban J connectivity index is 1.85. The van der Waals surface area contributed by atoms with Crippen LogP contribution in [0.5, 0.6) is 0 Å². The van der Waals surface area contributed by atoms with Crippen LogP contribution in [0.2, 0.25) is 0 Å². The summed E-state index contributed by atoms with van der Waals surface area (Å²) < 4.78 is 3.03. The molecule has 7 heteroatoms. The standard InChI is InChI=1S/C22H25BrN4OS/c1-15(2)16(3)24-20(28)14-29-22-26-25-21(18-11-7-8-12-19(18)23)27(22)13-17-9-5-4-6-10-17/h4-12,15-16H,13-14H2,1-3H3,(H,24,28)/t16-/m0/s1. The Morgan fingerprint density at radius 1 is 1.07 bits per heavy atom. The summed E-state index contributed by atoms with van der Waals surface area (Å²) in [6.07, 6.45) is 0. The lowest BCUT2D eigenvalue weighted by Crippen LogP contribution is -2.37. The van der Waals surface area contributed by atoms with Gasteiger partial charge in [-0.25, -0.2) is 0 Å². The molecule has 29 heavy (non-hydrogen) atoms. The van der Waals surface area contributed by atoms with Crippen LogP contribution in [-0.2, 0) is 11.3 Å². The average Bonchev–Trinajstić information content (AvgIpc) is 3.09. The van der Waals surface area contributed by atoms with Gasteiger partial charge in [0.2, 0.25) is 5.91 Å². The van der Waals surface area contributed by atoms with E-state index in [1.807, 2.05) is 49.4 Å². The number of aromatic nitrogens is 3. The number of halogens is 1. The summed E-state index contributed by atoms with van der Waals surface area (Å²) in [6, 6.07) is 18.3. The highest BCUT2D eigenvalue weighted by molar-refractivity contribution is 9.10. The summed E-state index contributed by atoms with van der Waals surface area (Å²) in [5, 5.41) is 12.6. The molecular formula is C22H25BrN4OS. The maximum atomic E-state index is 12.3. The molecule has 1 amide bonds. The third kappa shape index (κ3) is 5.70. The normalized spacial score (nSPS) is 12.2. The van der Waals surface area contributed by atoms with Crippen molar-refractivity contribution in [2.45, 2.75) is 38.5 Å². The minimum Gasteiger partial charge on any atom is -0.353 e. The van der Waals surface area contributed by atoms with Gasteiger partial charge in [0.05, 0.1) is 12.3 Å². The molecule has 0 fully saturated rings. The number of benzene rings is 2. The third-order valence-corrected chi connectivity index (χ3v) is 6.39. The van der Waals surface area contributed by atoms with E-state index in [1.165, 1.54) is 11.8 Å². The van der Waals surface area contributed by atoms with E-state index in [0.29, 0.717) is 18.2 Å². The molecule has 0 aliphatic heterocycles. The van der Waals surface area contributed by atoms with Crippen molar-refractivity contribution in [1.29, 1.82) is 0 Å². The van der Waals surface area contributed by atoms with Crippen molar-refractivity contribution in [3.63, 3.8) is 0 Å². The lowest BCUT2D eigenvalue weighted by molar-refractivity contribution is -0.119. The fourth-order valence-electron chi connectivity index (χ4n) is 2.74. The van der Waals surface area contributed by atoms with Gasteiger partial charge in [-0.15, -0.1) is 10.2 Å². The fourth-order valence-corrected chi connectivity index (χ4v) is 3.95. The van der Waals surface area contributed by atoms with Crippen LogP contribution >= 0.6 is 27.7 Å². The first kappa shape index (κ1) is 21.6. The summed E-state index contributed by atoms with van der Waals surface area (Å²) in [7, 11) is 0. The number of thioether (sulfide) groups is 1. The van der Waals surface area contributed by atoms with E-state index in [9.17, 15) is 4.79 Å². The third-order valence-electron chi connectivity index (χ3n) is 4.74. The summed E-state index contributed by atoms with van der Waals surface area (Å²) in [5.74, 6) is 1.49. The highest BCUT2D eigenvalue weighted by Crippen LogP contribution is 2.30. The van der Waals surface area contributed by atoms with E-state index in [2.05, 4.69) is 62.0 Å². The van der Waals surface area contributed by atoms with E-state index in [0.717, 1.165) is 26.6 Å². The monoisotopic (exact) mass is 472 g/mol. The molecule has 152 valence electrons. The van der Waals surface area contributed by atoms with Gasteiger partial charge in [0.15, 0.2) is 11.0 Å². The Morgan fingerprint density at radius 3 is 2.45 bits per heavy atom. The van der Waals surface area contributed by atoms with Crippen molar-refractivity contribution >= 4 is 33.6 Å². The van der Waals surface area contributed by atoms with Gasteiger partial charge in [-0.05, 0) is 24.5 Å². The molecule has 0 unspecified atom stereocenters. The smallest absolute Gasteiger partial charge is 0.230 e. The summed E-state index contributed by atoms with van der Waals surface area (Å²) in [5.41, 5.74) is 2.13. The van der Waals surface area contributed by atoms with Crippen molar-refractivity contribution < 1.29 is 4.79 Å². The average molecular weight is 473 g/mol. The molecule has 3 rings (SSSR count). The van der Waals surface area contributed by atoms with Gasteiger partial charge >= 0.3 is 0 Å². The second-order valence-electron chi connectivity index (χ2n) is 7.25. The zero-order chi connectivity index (χ0) is 20.8. The first-order chi connectivity index (χ1) is 14.0. The second-order valence-corrected chi connectivity index (χ2v) is 9.04. The van der Waals surface area contributed by atoms with Crippen molar-refractivity contribution in [2.24, 2.45) is 5.92 Å². The van der Waals surface area contributed by atoms with Crippen LogP contribution in [-0.4, -0.2) is 32.5 Å². The Kier molecular flexibility index (Phi) is 7.50. The van der Waals surface area contributed by atoms with Crippen molar-refractivity contribution in [3.05, 3.63) is 64.6 Å². The number of hydrogen-bond acceptors (Lipinski definition) is 4. The van der Waals surface area contributed by atoms with Crippen LogP contribution in [0, 0.1) is 5.92 Å². The highest BCUT2D eigenvalue weighted by Gasteiger charge is 2.18. The molecule has 0 saturated heterocycles. The number of hydrogen-bond donors (Lipinski definition) is 1. The van der Waals surface area contributed by atoms with Crippen LogP contribution in [0.15, 0.2) is 64.2 Å². The molecule has 2 aromatic carbocycles. The predicted octanol–water partition coefficient (Wildman–Crippen LogP) is 5.01. The molecule has 1 N–H and O–H groups in total. The van der Waals surface area contributed by atoms with Gasteiger partial charge in [-0.3, -0.25) is 9.36 Å². The molecule has 0 radical (unpaired) electrons. The lowest BCUT2D eigenvalue weighted by atomic mass is 10.1. The Hall–Kier alpha value is -2.12. The van der Waals surface area contributed by atoms with E-state index in [-0.39, 0.29) is 11.9 Å². The number of rotatable bonds is 8.